The van der Waals surface area contributed by atoms with Crippen molar-refractivity contribution in [2.45, 2.75) is 71.1 Å². The molecule has 1 aliphatic heterocycles. The first-order valence-electron chi connectivity index (χ1n) is 8.50. The molecule has 0 spiro atoms. The van der Waals surface area contributed by atoms with E-state index in [0.29, 0.717) is 6.54 Å². The Morgan fingerprint density at radius 1 is 1.29 bits per heavy atom. The summed E-state index contributed by atoms with van der Waals surface area (Å²) in [6, 6.07) is 0. The smallest absolute Gasteiger partial charge is 0.241 e. The van der Waals surface area contributed by atoms with Gasteiger partial charge in [0.25, 0.3) is 0 Å². The Labute approximate surface area is 151 Å². The molecule has 0 aromatic rings. The van der Waals surface area contributed by atoms with E-state index >= 15 is 0 Å². The van der Waals surface area contributed by atoms with Gasteiger partial charge in [0.2, 0.25) is 11.8 Å². The third-order valence-corrected chi connectivity index (χ3v) is 5.21. The van der Waals surface area contributed by atoms with Gasteiger partial charge < -0.3 is 21.1 Å². The maximum atomic E-state index is 12.7. The number of halogens is 1. The van der Waals surface area contributed by atoms with Crippen LogP contribution < -0.4 is 16.4 Å². The fourth-order valence-electron chi connectivity index (χ4n) is 3.95. The van der Waals surface area contributed by atoms with Crippen LogP contribution >= 0.6 is 12.4 Å². The van der Waals surface area contributed by atoms with E-state index in [1.807, 2.05) is 34.6 Å². The van der Waals surface area contributed by atoms with E-state index in [4.69, 9.17) is 10.5 Å². The Morgan fingerprint density at radius 3 is 2.50 bits per heavy atom. The minimum Gasteiger partial charge on any atom is -0.377 e. The van der Waals surface area contributed by atoms with Crippen LogP contribution in [0.5, 0.6) is 0 Å². The van der Waals surface area contributed by atoms with Gasteiger partial charge in [0, 0.05) is 36.4 Å². The number of hydrogen-bond acceptors (Lipinski definition) is 4. The predicted octanol–water partition coefficient (Wildman–Crippen LogP) is 1.36. The Balaban J connectivity index is 0.00000288. The van der Waals surface area contributed by atoms with Gasteiger partial charge in [-0.1, -0.05) is 13.8 Å². The first-order valence-corrected chi connectivity index (χ1v) is 8.50. The maximum absolute atomic E-state index is 12.7. The number of carbonyl (C=O) groups excluding carboxylic acids is 2. The summed E-state index contributed by atoms with van der Waals surface area (Å²) >= 11 is 0. The largest absolute Gasteiger partial charge is 0.377 e. The molecule has 1 saturated carbocycles. The van der Waals surface area contributed by atoms with Crippen LogP contribution in [0.25, 0.3) is 0 Å². The van der Waals surface area contributed by atoms with Gasteiger partial charge >= 0.3 is 0 Å². The van der Waals surface area contributed by atoms with Gasteiger partial charge in [0.05, 0.1) is 6.10 Å². The molecule has 0 aromatic heterocycles. The van der Waals surface area contributed by atoms with Crippen molar-refractivity contribution >= 4 is 24.2 Å². The van der Waals surface area contributed by atoms with E-state index in [1.165, 1.54) is 0 Å². The molecule has 1 saturated heterocycles. The molecule has 2 aliphatic rings. The Bertz CT molecular complexity index is 490. The molecule has 0 aromatic carbocycles. The van der Waals surface area contributed by atoms with E-state index in [-0.39, 0.29) is 48.2 Å². The summed E-state index contributed by atoms with van der Waals surface area (Å²) in [5, 5.41) is 5.73. The van der Waals surface area contributed by atoms with Crippen molar-refractivity contribution in [1.82, 2.24) is 10.6 Å². The van der Waals surface area contributed by atoms with Crippen molar-refractivity contribution in [3.05, 3.63) is 0 Å². The monoisotopic (exact) mass is 361 g/mol. The van der Waals surface area contributed by atoms with Crippen LogP contribution in [0, 0.1) is 11.3 Å². The van der Waals surface area contributed by atoms with Gasteiger partial charge in [-0.3, -0.25) is 9.59 Å². The lowest BCUT2D eigenvalue weighted by Gasteiger charge is -2.65. The van der Waals surface area contributed by atoms with Crippen molar-refractivity contribution < 1.29 is 14.3 Å². The van der Waals surface area contributed by atoms with Crippen molar-refractivity contribution in [2.24, 2.45) is 17.1 Å². The lowest BCUT2D eigenvalue weighted by atomic mass is 9.46. The molecule has 3 atom stereocenters. The maximum Gasteiger partial charge on any atom is 0.241 e. The number of rotatable bonds is 4. The molecule has 2 rings (SSSR count). The van der Waals surface area contributed by atoms with Crippen LogP contribution in [-0.2, 0) is 14.3 Å². The van der Waals surface area contributed by atoms with Gasteiger partial charge in [-0.05, 0) is 33.6 Å². The second-order valence-electron chi connectivity index (χ2n) is 8.43. The molecule has 1 aliphatic carbocycles. The highest BCUT2D eigenvalue weighted by Crippen LogP contribution is 2.57. The van der Waals surface area contributed by atoms with Gasteiger partial charge in [-0.2, -0.15) is 0 Å². The first-order chi connectivity index (χ1) is 10.5. The summed E-state index contributed by atoms with van der Waals surface area (Å²) in [6.07, 6.45) is 2.17. The molecule has 140 valence electrons. The molecule has 0 bridgehead atoms. The average Bonchev–Trinajstić information content (AvgIpc) is 2.44. The molecular formula is C17H32ClN3O3. The summed E-state index contributed by atoms with van der Waals surface area (Å²) in [6.45, 7) is 10.8. The van der Waals surface area contributed by atoms with Crippen molar-refractivity contribution in [2.75, 3.05) is 13.2 Å². The van der Waals surface area contributed by atoms with Crippen molar-refractivity contribution in [3.63, 3.8) is 0 Å². The number of carbonyl (C=O) groups is 2. The quantitative estimate of drug-likeness (QED) is 0.704. The van der Waals surface area contributed by atoms with E-state index in [9.17, 15) is 9.59 Å². The fourth-order valence-corrected chi connectivity index (χ4v) is 3.95. The second kappa shape index (κ2) is 7.18. The summed E-state index contributed by atoms with van der Waals surface area (Å²) in [4.78, 5) is 24.5. The highest BCUT2D eigenvalue weighted by molar-refractivity contribution is 5.90. The highest BCUT2D eigenvalue weighted by atomic mass is 35.5. The van der Waals surface area contributed by atoms with E-state index in [0.717, 1.165) is 19.4 Å². The number of fused-ring (bicyclic) bond motifs is 1. The molecule has 24 heavy (non-hydrogen) atoms. The fraction of sp³-hybridized carbons (Fsp3) is 0.882. The number of nitrogens with one attached hydrogen (secondary N) is 2. The standard InChI is InChI=1S/C17H31N3O3.ClH/c1-15(2,3)20-12(21)8-9-19-14(22)17(18)11-7-6-10-23-13(11)16(17,4)5;/h11,13H,6-10,18H2,1-5H3,(H,19,22)(H,20,21);1H. The summed E-state index contributed by atoms with van der Waals surface area (Å²) in [7, 11) is 0. The van der Waals surface area contributed by atoms with Gasteiger partial charge in [-0.25, -0.2) is 0 Å². The highest BCUT2D eigenvalue weighted by Gasteiger charge is 2.70. The van der Waals surface area contributed by atoms with Crippen LogP contribution in [-0.4, -0.2) is 42.1 Å². The number of ether oxygens (including phenoxy) is 1. The van der Waals surface area contributed by atoms with Crippen LogP contribution in [0.2, 0.25) is 0 Å². The molecule has 3 unspecified atom stereocenters. The first kappa shape index (κ1) is 21.2. The van der Waals surface area contributed by atoms with Crippen LogP contribution in [0.3, 0.4) is 0 Å². The van der Waals surface area contributed by atoms with Crippen molar-refractivity contribution in [3.8, 4) is 0 Å². The SMILES string of the molecule is CC(C)(C)NC(=O)CCNC(=O)C1(N)C2CCCOC2C1(C)C.Cl. The Morgan fingerprint density at radius 2 is 1.92 bits per heavy atom. The second-order valence-corrected chi connectivity index (χ2v) is 8.43. The van der Waals surface area contributed by atoms with Gasteiger partial charge in [0.1, 0.15) is 5.54 Å². The van der Waals surface area contributed by atoms with Gasteiger partial charge in [-0.15, -0.1) is 12.4 Å². The van der Waals surface area contributed by atoms with E-state index < -0.39 is 11.0 Å². The third-order valence-electron chi connectivity index (χ3n) is 5.21. The Kier molecular flexibility index (Phi) is 6.34. The minimum atomic E-state index is -0.918. The lowest BCUT2D eigenvalue weighted by Crippen LogP contribution is -2.82. The van der Waals surface area contributed by atoms with Crippen LogP contribution in [0.15, 0.2) is 0 Å². The van der Waals surface area contributed by atoms with Crippen LogP contribution in [0.4, 0.5) is 0 Å². The molecule has 4 N–H and O–H groups in total. The summed E-state index contributed by atoms with van der Waals surface area (Å²) < 4.78 is 5.81. The van der Waals surface area contributed by atoms with Gasteiger partial charge in [0.15, 0.2) is 0 Å². The molecule has 6 nitrogen and oxygen atoms in total. The molecule has 0 radical (unpaired) electrons. The van der Waals surface area contributed by atoms with E-state index in [1.54, 1.807) is 0 Å². The topological polar surface area (TPSA) is 93.5 Å². The predicted molar refractivity (Wildman–Crippen MR) is 95.9 cm³/mol. The summed E-state index contributed by atoms with van der Waals surface area (Å²) in [5.74, 6) is -0.178. The molecular weight excluding hydrogens is 330 g/mol. The van der Waals surface area contributed by atoms with E-state index in [2.05, 4.69) is 10.6 Å². The average molecular weight is 362 g/mol. The minimum absolute atomic E-state index is 0. The van der Waals surface area contributed by atoms with Crippen LogP contribution in [0.1, 0.15) is 53.9 Å². The zero-order valence-electron chi connectivity index (χ0n) is 15.4. The summed E-state index contributed by atoms with van der Waals surface area (Å²) in [5.41, 5.74) is 4.93. The number of hydrogen-bond donors (Lipinski definition) is 3. The number of amides is 2. The van der Waals surface area contributed by atoms with Crippen molar-refractivity contribution in [1.29, 1.82) is 0 Å². The number of nitrogens with two attached hydrogens (primary N) is 1. The normalized spacial score (nSPS) is 31.1. The third kappa shape index (κ3) is 3.70. The molecule has 1 heterocycles. The molecule has 7 heteroatoms. The molecule has 2 amide bonds. The lowest BCUT2D eigenvalue weighted by molar-refractivity contribution is -0.225. The zero-order valence-corrected chi connectivity index (χ0v) is 16.2. The molecule has 2 fully saturated rings. The Hall–Kier alpha value is -0.850. The zero-order chi connectivity index (χ0) is 17.5.